The summed E-state index contributed by atoms with van der Waals surface area (Å²) in [6, 6.07) is 14.7. The molecule has 0 atom stereocenters. The number of carbonyl (C=O) groups excluding carboxylic acids is 1. The zero-order valence-electron chi connectivity index (χ0n) is 14.8. The van der Waals surface area contributed by atoms with Crippen LogP contribution in [-0.4, -0.2) is 34.7 Å². The Morgan fingerprint density at radius 2 is 1.93 bits per heavy atom. The lowest BCUT2D eigenvalue weighted by molar-refractivity contribution is 0.222. The summed E-state index contributed by atoms with van der Waals surface area (Å²) in [5, 5.41) is 6.68. The number of para-hydroxylation sites is 1. The van der Waals surface area contributed by atoms with Gasteiger partial charge in [0.15, 0.2) is 12.4 Å². The van der Waals surface area contributed by atoms with Crippen molar-refractivity contribution in [3.05, 3.63) is 72.1 Å². The van der Waals surface area contributed by atoms with Gasteiger partial charge in [0, 0.05) is 25.7 Å². The third kappa shape index (κ3) is 5.53. The van der Waals surface area contributed by atoms with Gasteiger partial charge in [0.2, 0.25) is 0 Å². The number of halogens is 1. The molecule has 140 valence electrons. The Bertz CT molecular complexity index is 868. The first-order valence-corrected chi connectivity index (χ1v) is 8.37. The second-order valence-corrected chi connectivity index (χ2v) is 5.81. The van der Waals surface area contributed by atoms with Crippen molar-refractivity contribution in [1.82, 2.24) is 15.0 Å². The van der Waals surface area contributed by atoms with E-state index in [4.69, 9.17) is 9.26 Å². The van der Waals surface area contributed by atoms with Crippen LogP contribution in [0.1, 0.15) is 11.7 Å². The number of carbonyl (C=O) groups is 1. The van der Waals surface area contributed by atoms with Crippen molar-refractivity contribution in [2.45, 2.75) is 13.0 Å². The molecule has 3 aromatic rings. The third-order valence-electron chi connectivity index (χ3n) is 3.73. The van der Waals surface area contributed by atoms with E-state index in [1.807, 2.05) is 30.3 Å². The van der Waals surface area contributed by atoms with Crippen molar-refractivity contribution in [3.8, 4) is 5.75 Å². The largest absolute Gasteiger partial charge is 0.484 e. The molecular formula is C19H19FN4O3. The van der Waals surface area contributed by atoms with E-state index < -0.39 is 0 Å². The van der Waals surface area contributed by atoms with E-state index in [9.17, 15) is 9.18 Å². The number of anilines is 1. The first-order valence-electron chi connectivity index (χ1n) is 8.37. The normalized spacial score (nSPS) is 10.4. The number of aromatic nitrogens is 2. The average Bonchev–Trinajstić information content (AvgIpc) is 3.14. The van der Waals surface area contributed by atoms with Gasteiger partial charge in [-0.25, -0.2) is 9.18 Å². The summed E-state index contributed by atoms with van der Waals surface area (Å²) in [7, 11) is 1.69. The Morgan fingerprint density at radius 3 is 2.67 bits per heavy atom. The predicted octanol–water partition coefficient (Wildman–Crippen LogP) is 3.49. The fourth-order valence-electron chi connectivity index (χ4n) is 2.24. The zero-order chi connectivity index (χ0) is 19.1. The molecule has 7 nitrogen and oxygen atoms in total. The number of amides is 2. The fraction of sp³-hybridized carbons (Fsp3) is 0.211. The molecule has 0 aliphatic heterocycles. The van der Waals surface area contributed by atoms with E-state index in [1.165, 1.54) is 29.2 Å². The molecule has 0 aliphatic rings. The topological polar surface area (TPSA) is 80.5 Å². The molecule has 2 amide bonds. The first-order chi connectivity index (χ1) is 13.1. The van der Waals surface area contributed by atoms with Crippen molar-refractivity contribution < 1.29 is 18.4 Å². The number of likely N-dealkylation sites (N-methyl/N-ethyl adjacent to an activating group) is 1. The van der Waals surface area contributed by atoms with Crippen LogP contribution in [0.5, 0.6) is 5.75 Å². The van der Waals surface area contributed by atoms with Crippen LogP contribution in [0.4, 0.5) is 14.9 Å². The lowest BCUT2D eigenvalue weighted by atomic mass is 10.3. The van der Waals surface area contributed by atoms with E-state index in [2.05, 4.69) is 15.5 Å². The molecule has 0 bridgehead atoms. The molecule has 0 spiro atoms. The Kier molecular flexibility index (Phi) is 5.98. The summed E-state index contributed by atoms with van der Waals surface area (Å²) in [5.74, 6) is 0.967. The van der Waals surface area contributed by atoms with Gasteiger partial charge in [0.05, 0.1) is 0 Å². The summed E-state index contributed by atoms with van der Waals surface area (Å²) < 4.78 is 23.4. The number of nitrogens with zero attached hydrogens (tertiary/aromatic N) is 3. The lowest BCUT2D eigenvalue weighted by Gasteiger charge is -2.16. The standard InChI is InChI=1S/C19H19FN4O3/c1-24(19(25)21-15-5-3-2-4-6-15)12-11-17-22-18(27-23-17)13-26-16-9-7-14(20)8-10-16/h2-10H,11-13H2,1H3,(H,21,25). The van der Waals surface area contributed by atoms with Gasteiger partial charge in [-0.1, -0.05) is 23.4 Å². The molecule has 0 saturated carbocycles. The van der Waals surface area contributed by atoms with Crippen LogP contribution in [0.2, 0.25) is 0 Å². The van der Waals surface area contributed by atoms with Gasteiger partial charge in [0.1, 0.15) is 11.6 Å². The second-order valence-electron chi connectivity index (χ2n) is 5.81. The number of hydrogen-bond donors (Lipinski definition) is 1. The molecule has 8 heteroatoms. The minimum Gasteiger partial charge on any atom is -0.484 e. The maximum atomic E-state index is 12.9. The summed E-state index contributed by atoms with van der Waals surface area (Å²) in [5.41, 5.74) is 0.731. The van der Waals surface area contributed by atoms with Crippen LogP contribution in [-0.2, 0) is 13.0 Å². The van der Waals surface area contributed by atoms with Gasteiger partial charge >= 0.3 is 6.03 Å². The van der Waals surface area contributed by atoms with Gasteiger partial charge in [-0.05, 0) is 36.4 Å². The highest BCUT2D eigenvalue weighted by Gasteiger charge is 2.12. The van der Waals surface area contributed by atoms with Crippen LogP contribution in [0.25, 0.3) is 0 Å². The summed E-state index contributed by atoms with van der Waals surface area (Å²) in [6.45, 7) is 0.513. The van der Waals surface area contributed by atoms with Gasteiger partial charge in [-0.2, -0.15) is 4.98 Å². The van der Waals surface area contributed by atoms with Crippen LogP contribution < -0.4 is 10.1 Å². The number of urea groups is 1. The molecule has 0 fully saturated rings. The smallest absolute Gasteiger partial charge is 0.321 e. The summed E-state index contributed by atoms with van der Waals surface area (Å²) >= 11 is 0. The molecule has 0 radical (unpaired) electrons. The van der Waals surface area contributed by atoms with Gasteiger partial charge < -0.3 is 19.5 Å². The summed E-state index contributed by atoms with van der Waals surface area (Å²) in [6.07, 6.45) is 0.443. The fourth-order valence-corrected chi connectivity index (χ4v) is 2.24. The van der Waals surface area contributed by atoms with Crippen LogP contribution in [0.15, 0.2) is 59.1 Å². The molecule has 3 rings (SSSR count). The van der Waals surface area contributed by atoms with E-state index in [-0.39, 0.29) is 18.5 Å². The average molecular weight is 370 g/mol. The lowest BCUT2D eigenvalue weighted by Crippen LogP contribution is -2.33. The van der Waals surface area contributed by atoms with Crippen molar-refractivity contribution in [1.29, 1.82) is 0 Å². The molecule has 0 saturated heterocycles. The number of ether oxygens (including phenoxy) is 1. The predicted molar refractivity (Wildman–Crippen MR) is 96.8 cm³/mol. The molecule has 2 aromatic carbocycles. The molecule has 0 aliphatic carbocycles. The minimum atomic E-state index is -0.331. The third-order valence-corrected chi connectivity index (χ3v) is 3.73. The number of hydrogen-bond acceptors (Lipinski definition) is 5. The number of benzene rings is 2. The Labute approximate surface area is 155 Å². The van der Waals surface area contributed by atoms with E-state index in [1.54, 1.807) is 7.05 Å². The number of nitrogens with one attached hydrogen (secondary N) is 1. The highest BCUT2D eigenvalue weighted by atomic mass is 19.1. The van der Waals surface area contributed by atoms with Crippen LogP contribution in [0, 0.1) is 5.82 Å². The molecular weight excluding hydrogens is 351 g/mol. The second kappa shape index (κ2) is 8.79. The minimum absolute atomic E-state index is 0.0863. The maximum Gasteiger partial charge on any atom is 0.321 e. The monoisotopic (exact) mass is 370 g/mol. The highest BCUT2D eigenvalue weighted by molar-refractivity contribution is 5.89. The van der Waals surface area contributed by atoms with Gasteiger partial charge in [-0.15, -0.1) is 0 Å². The Hall–Kier alpha value is -3.42. The molecule has 27 heavy (non-hydrogen) atoms. The van der Waals surface area contributed by atoms with Crippen molar-refractivity contribution >= 4 is 11.7 Å². The van der Waals surface area contributed by atoms with Crippen molar-refractivity contribution in [2.24, 2.45) is 0 Å². The zero-order valence-corrected chi connectivity index (χ0v) is 14.8. The Morgan fingerprint density at radius 1 is 1.19 bits per heavy atom. The van der Waals surface area contributed by atoms with Gasteiger partial charge in [0.25, 0.3) is 5.89 Å². The van der Waals surface area contributed by atoms with Crippen molar-refractivity contribution in [2.75, 3.05) is 18.9 Å². The molecule has 1 heterocycles. The van der Waals surface area contributed by atoms with Gasteiger partial charge in [-0.3, -0.25) is 0 Å². The van der Waals surface area contributed by atoms with Crippen LogP contribution >= 0.6 is 0 Å². The highest BCUT2D eigenvalue weighted by Crippen LogP contribution is 2.13. The van der Waals surface area contributed by atoms with E-state index in [0.717, 1.165) is 5.69 Å². The molecule has 0 unspecified atom stereocenters. The SMILES string of the molecule is CN(CCc1noc(COc2ccc(F)cc2)n1)C(=O)Nc1ccccc1. The maximum absolute atomic E-state index is 12.9. The van der Waals surface area contributed by atoms with Crippen LogP contribution in [0.3, 0.4) is 0 Å². The first kappa shape index (κ1) is 18.4. The van der Waals surface area contributed by atoms with Crippen molar-refractivity contribution in [3.63, 3.8) is 0 Å². The van der Waals surface area contributed by atoms with E-state index in [0.29, 0.717) is 30.4 Å². The van der Waals surface area contributed by atoms with E-state index >= 15 is 0 Å². The molecule has 1 N–H and O–H groups in total. The molecule has 1 aromatic heterocycles. The Balaban J connectivity index is 1.44. The number of rotatable bonds is 7. The summed E-state index contributed by atoms with van der Waals surface area (Å²) in [4.78, 5) is 17.9. The quantitative estimate of drug-likeness (QED) is 0.689.